The number of nitrogens with one attached hydrogen (secondary N) is 1. The molecule has 1 aliphatic rings. The average Bonchev–Trinajstić information content (AvgIpc) is 3.04. The number of ether oxygens (including phenoxy) is 2. The summed E-state index contributed by atoms with van der Waals surface area (Å²) >= 11 is 3.40. The first-order valence-corrected chi connectivity index (χ1v) is 7.93. The van der Waals surface area contributed by atoms with Crippen LogP contribution in [0, 0.1) is 0 Å². The maximum atomic E-state index is 11.8. The second-order valence-electron chi connectivity index (χ2n) is 5.07. The smallest absolute Gasteiger partial charge is 0.258 e. The van der Waals surface area contributed by atoms with Crippen molar-refractivity contribution in [3.05, 3.63) is 29.0 Å². The Labute approximate surface area is 136 Å². The SMILES string of the molecule is O=C(COc1ncnc2ccc(Br)cc12)NC[C@H]1CCCO1. The topological polar surface area (TPSA) is 73.3 Å². The molecule has 1 aromatic heterocycles. The molecule has 6 nitrogen and oxygen atoms in total. The molecule has 116 valence electrons. The highest BCUT2D eigenvalue weighted by Crippen LogP contribution is 2.24. The van der Waals surface area contributed by atoms with Crippen LogP contribution in [-0.2, 0) is 9.53 Å². The molecule has 7 heteroatoms. The summed E-state index contributed by atoms with van der Waals surface area (Å²) in [6, 6.07) is 5.63. The average molecular weight is 366 g/mol. The normalized spacial score (nSPS) is 17.6. The van der Waals surface area contributed by atoms with E-state index in [1.807, 2.05) is 18.2 Å². The Morgan fingerprint density at radius 1 is 1.45 bits per heavy atom. The van der Waals surface area contributed by atoms with E-state index in [2.05, 4.69) is 31.2 Å². The maximum absolute atomic E-state index is 11.8. The highest BCUT2D eigenvalue weighted by Gasteiger charge is 2.16. The Kier molecular flexibility index (Phi) is 4.84. The summed E-state index contributed by atoms with van der Waals surface area (Å²) in [5.41, 5.74) is 0.771. The fourth-order valence-electron chi connectivity index (χ4n) is 2.34. The predicted octanol–water partition coefficient (Wildman–Crippen LogP) is 2.07. The lowest BCUT2D eigenvalue weighted by Crippen LogP contribution is -2.35. The quantitative estimate of drug-likeness (QED) is 0.877. The molecule has 1 aliphatic heterocycles. The first kappa shape index (κ1) is 15.2. The zero-order chi connectivity index (χ0) is 15.4. The van der Waals surface area contributed by atoms with E-state index in [0.29, 0.717) is 12.4 Å². The Morgan fingerprint density at radius 2 is 2.36 bits per heavy atom. The van der Waals surface area contributed by atoms with E-state index in [0.717, 1.165) is 34.8 Å². The number of amides is 1. The lowest BCUT2D eigenvalue weighted by Gasteiger charge is -2.11. The molecular weight excluding hydrogens is 350 g/mol. The zero-order valence-electron chi connectivity index (χ0n) is 11.9. The lowest BCUT2D eigenvalue weighted by atomic mass is 10.2. The number of carbonyl (C=O) groups excluding carboxylic acids is 1. The van der Waals surface area contributed by atoms with E-state index in [1.54, 1.807) is 0 Å². The molecule has 22 heavy (non-hydrogen) atoms. The molecule has 2 heterocycles. The predicted molar refractivity (Wildman–Crippen MR) is 84.7 cm³/mol. The van der Waals surface area contributed by atoms with Crippen LogP contribution in [0.15, 0.2) is 29.0 Å². The van der Waals surface area contributed by atoms with Crippen LogP contribution in [-0.4, -0.2) is 41.7 Å². The van der Waals surface area contributed by atoms with Gasteiger partial charge in [-0.2, -0.15) is 0 Å². The first-order valence-electron chi connectivity index (χ1n) is 7.14. The third kappa shape index (κ3) is 3.72. The third-order valence-electron chi connectivity index (χ3n) is 3.45. The van der Waals surface area contributed by atoms with E-state index in [9.17, 15) is 4.79 Å². The van der Waals surface area contributed by atoms with Gasteiger partial charge >= 0.3 is 0 Å². The summed E-state index contributed by atoms with van der Waals surface area (Å²) in [6.07, 6.45) is 3.60. The number of rotatable bonds is 5. The van der Waals surface area contributed by atoms with Gasteiger partial charge in [-0.05, 0) is 31.0 Å². The lowest BCUT2D eigenvalue weighted by molar-refractivity contribution is -0.123. The van der Waals surface area contributed by atoms with Crippen molar-refractivity contribution < 1.29 is 14.3 Å². The molecular formula is C15H16BrN3O3. The third-order valence-corrected chi connectivity index (χ3v) is 3.94. The van der Waals surface area contributed by atoms with Gasteiger partial charge in [-0.15, -0.1) is 0 Å². The van der Waals surface area contributed by atoms with Gasteiger partial charge in [-0.25, -0.2) is 9.97 Å². The van der Waals surface area contributed by atoms with Crippen molar-refractivity contribution in [3.8, 4) is 5.88 Å². The van der Waals surface area contributed by atoms with Gasteiger partial charge in [-0.3, -0.25) is 4.79 Å². The molecule has 1 amide bonds. The Hall–Kier alpha value is -1.73. The highest BCUT2D eigenvalue weighted by molar-refractivity contribution is 9.10. The molecule has 0 spiro atoms. The maximum Gasteiger partial charge on any atom is 0.258 e. The molecule has 0 radical (unpaired) electrons. The van der Waals surface area contributed by atoms with Gasteiger partial charge < -0.3 is 14.8 Å². The number of benzene rings is 1. The molecule has 0 saturated carbocycles. The highest BCUT2D eigenvalue weighted by atomic mass is 79.9. The summed E-state index contributed by atoms with van der Waals surface area (Å²) in [6.45, 7) is 1.22. The van der Waals surface area contributed by atoms with Crippen molar-refractivity contribution in [2.75, 3.05) is 19.8 Å². The van der Waals surface area contributed by atoms with Crippen molar-refractivity contribution >= 4 is 32.7 Å². The van der Waals surface area contributed by atoms with Crippen molar-refractivity contribution in [1.29, 1.82) is 0 Å². The van der Waals surface area contributed by atoms with Gasteiger partial charge in [0.15, 0.2) is 6.61 Å². The summed E-state index contributed by atoms with van der Waals surface area (Å²) in [5.74, 6) is 0.218. The molecule has 1 saturated heterocycles. The van der Waals surface area contributed by atoms with E-state index in [-0.39, 0.29) is 18.6 Å². The minimum absolute atomic E-state index is 0.0780. The van der Waals surface area contributed by atoms with Gasteiger partial charge in [0.2, 0.25) is 5.88 Å². The molecule has 2 aromatic rings. The van der Waals surface area contributed by atoms with Crippen LogP contribution in [0.4, 0.5) is 0 Å². The van der Waals surface area contributed by atoms with Crippen molar-refractivity contribution in [2.24, 2.45) is 0 Å². The van der Waals surface area contributed by atoms with Crippen LogP contribution in [0.25, 0.3) is 10.9 Å². The molecule has 1 fully saturated rings. The number of carbonyl (C=O) groups is 1. The van der Waals surface area contributed by atoms with E-state index in [4.69, 9.17) is 9.47 Å². The largest absolute Gasteiger partial charge is 0.467 e. The molecule has 3 rings (SSSR count). The molecule has 1 atom stereocenters. The minimum Gasteiger partial charge on any atom is -0.467 e. The van der Waals surface area contributed by atoms with Crippen molar-refractivity contribution in [1.82, 2.24) is 15.3 Å². The Morgan fingerprint density at radius 3 is 3.18 bits per heavy atom. The molecule has 1 N–H and O–H groups in total. The second kappa shape index (κ2) is 7.02. The van der Waals surface area contributed by atoms with Gasteiger partial charge in [0.25, 0.3) is 5.91 Å². The Balaban J connectivity index is 1.58. The van der Waals surface area contributed by atoms with Crippen LogP contribution in [0.3, 0.4) is 0 Å². The van der Waals surface area contributed by atoms with Crippen LogP contribution in [0.1, 0.15) is 12.8 Å². The summed E-state index contributed by atoms with van der Waals surface area (Å²) < 4.78 is 11.9. The summed E-state index contributed by atoms with van der Waals surface area (Å²) in [7, 11) is 0. The number of hydrogen-bond donors (Lipinski definition) is 1. The second-order valence-corrected chi connectivity index (χ2v) is 5.98. The fraction of sp³-hybridized carbons (Fsp3) is 0.400. The van der Waals surface area contributed by atoms with E-state index >= 15 is 0 Å². The van der Waals surface area contributed by atoms with E-state index in [1.165, 1.54) is 6.33 Å². The molecule has 0 aliphatic carbocycles. The van der Waals surface area contributed by atoms with Gasteiger partial charge in [0.1, 0.15) is 6.33 Å². The van der Waals surface area contributed by atoms with Crippen molar-refractivity contribution in [3.63, 3.8) is 0 Å². The summed E-state index contributed by atoms with van der Waals surface area (Å²) in [5, 5.41) is 3.58. The van der Waals surface area contributed by atoms with E-state index < -0.39 is 0 Å². The number of fused-ring (bicyclic) bond motifs is 1. The zero-order valence-corrected chi connectivity index (χ0v) is 13.5. The van der Waals surface area contributed by atoms with Gasteiger partial charge in [0.05, 0.1) is 17.0 Å². The van der Waals surface area contributed by atoms with Gasteiger partial charge in [0, 0.05) is 17.6 Å². The Bertz CT molecular complexity index is 674. The number of hydrogen-bond acceptors (Lipinski definition) is 5. The van der Waals surface area contributed by atoms with Crippen LogP contribution < -0.4 is 10.1 Å². The van der Waals surface area contributed by atoms with Crippen LogP contribution in [0.5, 0.6) is 5.88 Å². The fourth-order valence-corrected chi connectivity index (χ4v) is 2.70. The first-order chi connectivity index (χ1) is 10.7. The summed E-state index contributed by atoms with van der Waals surface area (Å²) in [4.78, 5) is 20.1. The monoisotopic (exact) mass is 365 g/mol. The number of halogens is 1. The minimum atomic E-state index is -0.183. The molecule has 1 aromatic carbocycles. The van der Waals surface area contributed by atoms with Crippen molar-refractivity contribution in [2.45, 2.75) is 18.9 Å². The molecule has 0 bridgehead atoms. The van der Waals surface area contributed by atoms with Crippen LogP contribution >= 0.6 is 15.9 Å². The van der Waals surface area contributed by atoms with Gasteiger partial charge in [-0.1, -0.05) is 15.9 Å². The molecule has 0 unspecified atom stereocenters. The van der Waals surface area contributed by atoms with Crippen LogP contribution in [0.2, 0.25) is 0 Å². The number of aromatic nitrogens is 2. The standard InChI is InChI=1S/C15H16BrN3O3/c16-10-3-4-13-12(6-10)15(19-9-18-13)22-8-14(20)17-7-11-2-1-5-21-11/h3-4,6,9,11H,1-2,5,7-8H2,(H,17,20)/t11-/m1/s1. The number of nitrogens with zero attached hydrogens (tertiary/aromatic N) is 2.